The van der Waals surface area contributed by atoms with Crippen molar-refractivity contribution < 1.29 is 14.3 Å². The number of nitrogens with zero attached hydrogens (tertiary/aromatic N) is 2. The van der Waals surface area contributed by atoms with Gasteiger partial charge in [0.2, 0.25) is 0 Å². The maximum atomic E-state index is 12.9. The summed E-state index contributed by atoms with van der Waals surface area (Å²) in [4.78, 5) is 26.9. The fourth-order valence-corrected chi connectivity index (χ4v) is 4.01. The van der Waals surface area contributed by atoms with Gasteiger partial charge >= 0.3 is 0 Å². The highest BCUT2D eigenvalue weighted by Gasteiger charge is 2.35. The molecule has 0 spiro atoms. The molecule has 1 aliphatic rings. The van der Waals surface area contributed by atoms with Crippen molar-refractivity contribution in [2.24, 2.45) is 0 Å². The van der Waals surface area contributed by atoms with Gasteiger partial charge in [-0.25, -0.2) is 0 Å². The summed E-state index contributed by atoms with van der Waals surface area (Å²) >= 11 is 0.893. The van der Waals surface area contributed by atoms with Crippen molar-refractivity contribution in [3.63, 3.8) is 0 Å². The number of para-hydroxylation sites is 1. The van der Waals surface area contributed by atoms with E-state index in [1.54, 1.807) is 30.3 Å². The molecule has 1 aliphatic heterocycles. The van der Waals surface area contributed by atoms with Crippen molar-refractivity contribution in [3.05, 3.63) is 106 Å². The van der Waals surface area contributed by atoms with Crippen LogP contribution in [0.4, 0.5) is 4.79 Å². The largest absolute Gasteiger partial charge is 0.488 e. The second kappa shape index (κ2) is 9.33. The molecule has 0 N–H and O–H groups in total. The van der Waals surface area contributed by atoms with Gasteiger partial charge in [-0.05, 0) is 41.1 Å². The van der Waals surface area contributed by atoms with E-state index in [9.17, 15) is 14.9 Å². The van der Waals surface area contributed by atoms with Crippen LogP contribution >= 0.6 is 11.8 Å². The lowest BCUT2D eigenvalue weighted by Crippen LogP contribution is -2.27. The minimum absolute atomic E-state index is 0.0674. The molecule has 152 valence electrons. The first kappa shape index (κ1) is 20.5. The zero-order valence-corrected chi connectivity index (χ0v) is 17.3. The number of imide groups is 1. The van der Waals surface area contributed by atoms with Crippen LogP contribution in [0.3, 0.4) is 0 Å². The molecule has 0 unspecified atom stereocenters. The monoisotopic (exact) mass is 426 g/mol. The van der Waals surface area contributed by atoms with Crippen molar-refractivity contribution in [1.82, 2.24) is 4.90 Å². The van der Waals surface area contributed by atoms with Crippen molar-refractivity contribution in [2.75, 3.05) is 0 Å². The van der Waals surface area contributed by atoms with Gasteiger partial charge in [0.25, 0.3) is 11.1 Å². The molecular formula is C25H18N2O3S. The van der Waals surface area contributed by atoms with Crippen LogP contribution < -0.4 is 4.74 Å². The van der Waals surface area contributed by atoms with Crippen LogP contribution in [0.1, 0.15) is 22.3 Å². The molecule has 5 nitrogen and oxygen atoms in total. The third-order valence-corrected chi connectivity index (χ3v) is 5.69. The van der Waals surface area contributed by atoms with Crippen LogP contribution in [-0.4, -0.2) is 16.0 Å². The van der Waals surface area contributed by atoms with Crippen LogP contribution in [-0.2, 0) is 17.9 Å². The predicted octanol–water partition coefficient (Wildman–Crippen LogP) is 5.37. The van der Waals surface area contributed by atoms with Gasteiger partial charge in [-0.15, -0.1) is 0 Å². The normalized spacial score (nSPS) is 14.7. The SMILES string of the molecule is N#Cc1ccccc1CN1C(=O)S/C(=C/c2ccccc2OCc2ccccc2)C1=O. The second-order valence-corrected chi connectivity index (χ2v) is 7.84. The Bertz CT molecular complexity index is 1200. The lowest BCUT2D eigenvalue weighted by Gasteiger charge is -2.13. The predicted molar refractivity (Wildman–Crippen MR) is 120 cm³/mol. The fourth-order valence-electron chi connectivity index (χ4n) is 3.18. The van der Waals surface area contributed by atoms with Crippen molar-refractivity contribution in [3.8, 4) is 11.8 Å². The first-order valence-corrected chi connectivity index (χ1v) is 10.5. The number of rotatable bonds is 6. The summed E-state index contributed by atoms with van der Waals surface area (Å²) in [5, 5.41) is 8.91. The highest BCUT2D eigenvalue weighted by Crippen LogP contribution is 2.35. The first-order valence-electron chi connectivity index (χ1n) is 9.65. The smallest absolute Gasteiger partial charge is 0.293 e. The minimum Gasteiger partial charge on any atom is -0.488 e. The number of benzene rings is 3. The summed E-state index contributed by atoms with van der Waals surface area (Å²) < 4.78 is 5.95. The quantitative estimate of drug-likeness (QED) is 0.495. The summed E-state index contributed by atoms with van der Waals surface area (Å²) in [5.41, 5.74) is 2.85. The third-order valence-electron chi connectivity index (χ3n) is 4.78. The number of carbonyl (C=O) groups is 2. The Morgan fingerprint density at radius 3 is 2.45 bits per heavy atom. The van der Waals surface area contributed by atoms with Gasteiger partial charge < -0.3 is 4.74 Å². The summed E-state index contributed by atoms with van der Waals surface area (Å²) in [6.45, 7) is 0.468. The maximum absolute atomic E-state index is 12.9. The number of hydrogen-bond donors (Lipinski definition) is 0. The van der Waals surface area contributed by atoms with Crippen LogP contribution in [0.5, 0.6) is 5.75 Å². The van der Waals surface area contributed by atoms with E-state index in [0.717, 1.165) is 22.9 Å². The highest BCUT2D eigenvalue weighted by molar-refractivity contribution is 8.18. The van der Waals surface area contributed by atoms with E-state index >= 15 is 0 Å². The van der Waals surface area contributed by atoms with Crippen LogP contribution in [0.15, 0.2) is 83.8 Å². The summed E-state index contributed by atoms with van der Waals surface area (Å²) in [6, 6.07) is 26.3. The Hall–Kier alpha value is -3.82. The third kappa shape index (κ3) is 4.68. The molecule has 3 aromatic carbocycles. The Morgan fingerprint density at radius 1 is 0.935 bits per heavy atom. The molecule has 0 aromatic heterocycles. The van der Waals surface area contributed by atoms with E-state index in [2.05, 4.69) is 6.07 Å². The number of nitriles is 1. The molecule has 3 aromatic rings. The first-order chi connectivity index (χ1) is 15.2. The molecule has 1 heterocycles. The number of thioether (sulfide) groups is 1. The molecular weight excluding hydrogens is 408 g/mol. The van der Waals surface area contributed by atoms with Gasteiger partial charge in [0.15, 0.2) is 0 Å². The Morgan fingerprint density at radius 2 is 1.65 bits per heavy atom. The molecule has 0 radical (unpaired) electrons. The molecule has 0 bridgehead atoms. The van der Waals surface area contributed by atoms with E-state index in [4.69, 9.17) is 4.74 Å². The zero-order chi connectivity index (χ0) is 21.6. The van der Waals surface area contributed by atoms with Gasteiger partial charge in [0.1, 0.15) is 12.4 Å². The minimum atomic E-state index is -0.374. The second-order valence-electron chi connectivity index (χ2n) is 6.85. The molecule has 4 rings (SSSR count). The average molecular weight is 426 g/mol. The number of hydrogen-bond acceptors (Lipinski definition) is 5. The summed E-state index contributed by atoms with van der Waals surface area (Å²) in [6.07, 6.45) is 1.68. The molecule has 0 saturated carbocycles. The molecule has 2 amide bonds. The van der Waals surface area contributed by atoms with Gasteiger partial charge in [-0.1, -0.05) is 66.7 Å². The number of ether oxygens (including phenoxy) is 1. The number of carbonyl (C=O) groups excluding carboxylic acids is 2. The molecule has 6 heteroatoms. The van der Waals surface area contributed by atoms with Gasteiger partial charge in [-0.2, -0.15) is 5.26 Å². The highest BCUT2D eigenvalue weighted by atomic mass is 32.2. The van der Waals surface area contributed by atoms with Gasteiger partial charge in [-0.3, -0.25) is 14.5 Å². The molecule has 1 saturated heterocycles. The summed E-state index contributed by atoms with van der Waals surface area (Å²) in [5.74, 6) is 0.258. The lowest BCUT2D eigenvalue weighted by atomic mass is 10.1. The molecule has 31 heavy (non-hydrogen) atoms. The van der Waals surface area contributed by atoms with E-state index in [0.29, 0.717) is 28.4 Å². The number of amides is 2. The average Bonchev–Trinajstić information content (AvgIpc) is 3.07. The maximum Gasteiger partial charge on any atom is 0.293 e. The fraction of sp³-hybridized carbons (Fsp3) is 0.0800. The van der Waals surface area contributed by atoms with E-state index in [-0.39, 0.29) is 17.7 Å². The van der Waals surface area contributed by atoms with Crippen LogP contribution in [0.2, 0.25) is 0 Å². The lowest BCUT2D eigenvalue weighted by molar-refractivity contribution is -0.123. The standard InChI is InChI=1S/C25H18N2O3S/c26-15-20-11-4-5-12-21(20)16-27-24(28)23(31-25(27)29)14-19-10-6-7-13-22(19)30-17-18-8-2-1-3-9-18/h1-14H,16-17H2/b23-14+. The van der Waals surface area contributed by atoms with E-state index in [1.807, 2.05) is 54.6 Å². The Kier molecular flexibility index (Phi) is 6.16. The van der Waals surface area contributed by atoms with Crippen LogP contribution in [0, 0.1) is 11.3 Å². The van der Waals surface area contributed by atoms with Crippen molar-refractivity contribution >= 4 is 29.0 Å². The van der Waals surface area contributed by atoms with Crippen LogP contribution in [0.25, 0.3) is 6.08 Å². The van der Waals surface area contributed by atoms with Gasteiger partial charge in [0.05, 0.1) is 23.1 Å². The van der Waals surface area contributed by atoms with E-state index in [1.165, 1.54) is 4.90 Å². The Labute approximate surface area is 184 Å². The summed E-state index contributed by atoms with van der Waals surface area (Å²) in [7, 11) is 0. The zero-order valence-electron chi connectivity index (χ0n) is 16.5. The molecule has 0 aliphatic carbocycles. The Balaban J connectivity index is 1.54. The van der Waals surface area contributed by atoms with E-state index < -0.39 is 0 Å². The van der Waals surface area contributed by atoms with Gasteiger partial charge in [0, 0.05) is 5.56 Å². The molecule has 1 fully saturated rings. The van der Waals surface area contributed by atoms with Crippen molar-refractivity contribution in [1.29, 1.82) is 5.26 Å². The molecule has 0 atom stereocenters. The topological polar surface area (TPSA) is 70.4 Å². The van der Waals surface area contributed by atoms with Crippen molar-refractivity contribution in [2.45, 2.75) is 13.2 Å².